The third kappa shape index (κ3) is 7.01. The lowest BCUT2D eigenvalue weighted by Gasteiger charge is -2.11. The van der Waals surface area contributed by atoms with Gasteiger partial charge in [-0.25, -0.2) is 9.97 Å². The second-order valence-corrected chi connectivity index (χ2v) is 8.69. The number of hydrogen-bond donors (Lipinski definition) is 2. The summed E-state index contributed by atoms with van der Waals surface area (Å²) in [5.74, 6) is -0.127. The predicted octanol–water partition coefficient (Wildman–Crippen LogP) is 3.98. The van der Waals surface area contributed by atoms with Gasteiger partial charge in [-0.1, -0.05) is 36.9 Å². The highest BCUT2D eigenvalue weighted by atomic mass is 32.2. The molecule has 0 aliphatic carbocycles. The Labute approximate surface area is 208 Å². The lowest BCUT2D eigenvalue weighted by Crippen LogP contribution is -2.17. The fraction of sp³-hybridized carbons (Fsp3) is 0.280. The van der Waals surface area contributed by atoms with Crippen LogP contribution in [0.4, 0.5) is 11.5 Å². The first-order chi connectivity index (χ1) is 16.8. The van der Waals surface area contributed by atoms with E-state index >= 15 is 0 Å². The first-order valence-electron chi connectivity index (χ1n) is 11.0. The number of hydrogen-bond acceptors (Lipinski definition) is 9. The van der Waals surface area contributed by atoms with Gasteiger partial charge in [0.25, 0.3) is 0 Å². The topological polar surface area (TPSA) is 144 Å². The Morgan fingerprint density at radius 1 is 1.14 bits per heavy atom. The molecule has 0 aliphatic heterocycles. The maximum Gasteiger partial charge on any atom is 0.309 e. The minimum Gasteiger partial charge on any atom is -0.466 e. The largest absolute Gasteiger partial charge is 0.466 e. The molecule has 10 heteroatoms. The minimum atomic E-state index is -0.286. The molecule has 2 aromatic heterocycles. The highest BCUT2D eigenvalue weighted by Gasteiger charge is 2.17. The van der Waals surface area contributed by atoms with Crippen molar-refractivity contribution in [3.63, 3.8) is 0 Å². The fourth-order valence-corrected chi connectivity index (χ4v) is 4.06. The minimum absolute atomic E-state index is 0.0934. The van der Waals surface area contributed by atoms with E-state index in [0.717, 1.165) is 11.4 Å². The summed E-state index contributed by atoms with van der Waals surface area (Å²) in [5.41, 5.74) is 9.59. The number of nitrogen functional groups attached to an aromatic ring is 1. The molecule has 1 aromatic carbocycles. The molecule has 1 amide bonds. The first kappa shape index (κ1) is 25.6. The van der Waals surface area contributed by atoms with E-state index in [9.17, 15) is 14.9 Å². The molecular weight excluding hydrogens is 464 g/mol. The quantitative estimate of drug-likeness (QED) is 0.258. The van der Waals surface area contributed by atoms with Crippen molar-refractivity contribution in [3.8, 4) is 17.3 Å². The Hall–Kier alpha value is -3.97. The number of benzene rings is 1. The summed E-state index contributed by atoms with van der Waals surface area (Å²) < 4.78 is 5.07. The van der Waals surface area contributed by atoms with Crippen molar-refractivity contribution in [3.05, 3.63) is 59.4 Å². The highest BCUT2D eigenvalue weighted by molar-refractivity contribution is 7.98. The normalized spacial score (nSPS) is 11.4. The number of nitrogens with zero attached hydrogens (tertiary/aromatic N) is 4. The molecule has 0 bridgehead atoms. The van der Waals surface area contributed by atoms with Gasteiger partial charge in [-0.3, -0.25) is 14.6 Å². The summed E-state index contributed by atoms with van der Waals surface area (Å²) in [4.78, 5) is 36.7. The molecule has 3 rings (SSSR count). The molecule has 1 atom stereocenters. The first-order valence-corrected chi connectivity index (χ1v) is 12.0. The van der Waals surface area contributed by atoms with Crippen molar-refractivity contribution in [2.75, 3.05) is 17.7 Å². The number of nitrogens with two attached hydrogens (primary N) is 1. The molecule has 9 nitrogen and oxygen atoms in total. The van der Waals surface area contributed by atoms with Gasteiger partial charge in [0.15, 0.2) is 5.16 Å². The lowest BCUT2D eigenvalue weighted by molar-refractivity contribution is -0.147. The number of nitrogens with one attached hydrogen (secondary N) is 1. The molecule has 0 saturated heterocycles. The summed E-state index contributed by atoms with van der Waals surface area (Å²) in [6.07, 6.45) is 0.482. The van der Waals surface area contributed by atoms with Crippen molar-refractivity contribution in [2.24, 2.45) is 5.92 Å². The van der Waals surface area contributed by atoms with Crippen LogP contribution in [0, 0.1) is 17.2 Å². The lowest BCUT2D eigenvalue weighted by atomic mass is 10.1. The SMILES string of the molecule is CCOC(=O)C(C)Cc1cccc(CSc2nc(N)c(C#N)c(-c3ccc(NC(C)=O)cc3)n2)n1. The monoisotopic (exact) mass is 490 g/mol. The zero-order valence-electron chi connectivity index (χ0n) is 19.7. The van der Waals surface area contributed by atoms with Crippen LogP contribution in [0.1, 0.15) is 37.7 Å². The van der Waals surface area contributed by atoms with Crippen LogP contribution >= 0.6 is 11.8 Å². The van der Waals surface area contributed by atoms with Crippen LogP contribution in [0.25, 0.3) is 11.3 Å². The molecular formula is C25H26N6O3S. The molecule has 3 N–H and O–H groups in total. The van der Waals surface area contributed by atoms with E-state index in [2.05, 4.69) is 26.3 Å². The van der Waals surface area contributed by atoms with Crippen LogP contribution in [0.2, 0.25) is 0 Å². The molecule has 1 unspecified atom stereocenters. The Balaban J connectivity index is 1.77. The van der Waals surface area contributed by atoms with Crippen molar-refractivity contribution >= 4 is 35.1 Å². The number of aromatic nitrogens is 3. The van der Waals surface area contributed by atoms with E-state index in [1.165, 1.54) is 18.7 Å². The van der Waals surface area contributed by atoms with Gasteiger partial charge in [-0.05, 0) is 31.2 Å². The molecule has 35 heavy (non-hydrogen) atoms. The number of esters is 1. The number of thioether (sulfide) groups is 1. The third-order valence-electron chi connectivity index (χ3n) is 4.92. The van der Waals surface area contributed by atoms with Gasteiger partial charge in [0.2, 0.25) is 5.91 Å². The van der Waals surface area contributed by atoms with E-state index in [4.69, 9.17) is 10.5 Å². The number of amides is 1. The summed E-state index contributed by atoms with van der Waals surface area (Å²) in [6, 6.07) is 14.7. The van der Waals surface area contributed by atoms with Crippen molar-refractivity contribution in [1.82, 2.24) is 15.0 Å². The van der Waals surface area contributed by atoms with E-state index in [-0.39, 0.29) is 29.2 Å². The molecule has 180 valence electrons. The number of carbonyl (C=O) groups is 2. The van der Waals surface area contributed by atoms with Crippen molar-refractivity contribution in [1.29, 1.82) is 5.26 Å². The van der Waals surface area contributed by atoms with Crippen LogP contribution in [0.15, 0.2) is 47.6 Å². The molecule has 0 saturated carbocycles. The molecule has 2 heterocycles. The van der Waals surface area contributed by atoms with Gasteiger partial charge >= 0.3 is 5.97 Å². The molecule has 0 spiro atoms. The van der Waals surface area contributed by atoms with Crippen LogP contribution in [-0.4, -0.2) is 33.4 Å². The number of ether oxygens (including phenoxy) is 1. The number of pyridine rings is 1. The van der Waals surface area contributed by atoms with Crippen LogP contribution in [0.3, 0.4) is 0 Å². The summed E-state index contributed by atoms with van der Waals surface area (Å²) in [5, 5.41) is 12.7. The van der Waals surface area contributed by atoms with Gasteiger partial charge in [0, 0.05) is 36.0 Å². The maximum atomic E-state index is 11.9. The van der Waals surface area contributed by atoms with E-state index in [1.54, 1.807) is 31.2 Å². The molecule has 3 aromatic rings. The molecule has 0 radical (unpaired) electrons. The zero-order valence-corrected chi connectivity index (χ0v) is 20.6. The molecule has 0 aliphatic rings. The maximum absolute atomic E-state index is 11.9. The van der Waals surface area contributed by atoms with E-state index < -0.39 is 0 Å². The standard InChI is InChI=1S/C25H26N6O3S/c1-4-34-24(33)15(2)12-19-6-5-7-20(29-19)14-35-25-30-22(21(13-26)23(27)31-25)17-8-10-18(11-9-17)28-16(3)32/h5-11,15H,4,12,14H2,1-3H3,(H,28,32)(H2,27,30,31). The Morgan fingerprint density at radius 2 is 1.86 bits per heavy atom. The van der Waals surface area contributed by atoms with Crippen LogP contribution in [-0.2, 0) is 26.5 Å². The Morgan fingerprint density at radius 3 is 2.51 bits per heavy atom. The van der Waals surface area contributed by atoms with E-state index in [1.807, 2.05) is 25.1 Å². The van der Waals surface area contributed by atoms with Gasteiger partial charge in [0.1, 0.15) is 17.5 Å². The number of rotatable bonds is 9. The van der Waals surface area contributed by atoms with E-state index in [0.29, 0.717) is 40.9 Å². The van der Waals surface area contributed by atoms with Crippen LogP contribution in [0.5, 0.6) is 0 Å². The Kier molecular flexibility index (Phi) is 8.75. The van der Waals surface area contributed by atoms with Crippen molar-refractivity contribution in [2.45, 2.75) is 38.1 Å². The number of anilines is 2. The van der Waals surface area contributed by atoms with Gasteiger partial charge in [-0.15, -0.1) is 0 Å². The number of carbonyl (C=O) groups excluding carboxylic acids is 2. The average Bonchev–Trinajstić information content (AvgIpc) is 2.83. The molecule has 0 fully saturated rings. The van der Waals surface area contributed by atoms with Gasteiger partial charge in [-0.2, -0.15) is 5.26 Å². The van der Waals surface area contributed by atoms with Crippen molar-refractivity contribution < 1.29 is 14.3 Å². The summed E-state index contributed by atoms with van der Waals surface area (Å²) in [7, 11) is 0. The second kappa shape index (κ2) is 11.9. The zero-order chi connectivity index (χ0) is 25.4. The summed E-state index contributed by atoms with van der Waals surface area (Å²) in [6.45, 7) is 5.38. The third-order valence-corrected chi connectivity index (χ3v) is 5.81. The Bertz CT molecular complexity index is 1260. The predicted molar refractivity (Wildman–Crippen MR) is 134 cm³/mol. The summed E-state index contributed by atoms with van der Waals surface area (Å²) >= 11 is 1.35. The smallest absolute Gasteiger partial charge is 0.309 e. The van der Waals surface area contributed by atoms with Crippen LogP contribution < -0.4 is 11.1 Å². The van der Waals surface area contributed by atoms with Gasteiger partial charge in [0.05, 0.1) is 23.9 Å². The highest BCUT2D eigenvalue weighted by Crippen LogP contribution is 2.29. The fourth-order valence-electron chi connectivity index (χ4n) is 3.30. The average molecular weight is 491 g/mol. The second-order valence-electron chi connectivity index (χ2n) is 7.75. The van der Waals surface area contributed by atoms with Gasteiger partial charge < -0.3 is 15.8 Å². The number of nitriles is 1.